The van der Waals surface area contributed by atoms with E-state index in [1.165, 1.54) is 19.2 Å². The second-order valence-corrected chi connectivity index (χ2v) is 4.07. The minimum absolute atomic E-state index is 0.0276. The van der Waals surface area contributed by atoms with Gasteiger partial charge in [-0.25, -0.2) is 0 Å². The van der Waals surface area contributed by atoms with Gasteiger partial charge in [-0.2, -0.15) is 0 Å². The molecule has 0 saturated heterocycles. The standard InChI is InChI=1S/C12H17N3O4/c1-8(7-19-3)14-12(16)10-6-9(13-2)4-5-11(10)15(17)18/h4-6,8,13H,7H2,1-3H3,(H,14,16). The zero-order valence-corrected chi connectivity index (χ0v) is 11.1. The number of nitrogens with one attached hydrogen (secondary N) is 2. The summed E-state index contributed by atoms with van der Waals surface area (Å²) in [4.78, 5) is 22.4. The summed E-state index contributed by atoms with van der Waals surface area (Å²) in [6, 6.07) is 4.08. The van der Waals surface area contributed by atoms with Crippen LogP contribution in [0.5, 0.6) is 0 Å². The molecule has 7 nitrogen and oxygen atoms in total. The molecule has 0 heterocycles. The first kappa shape index (κ1) is 14.9. The molecule has 1 aromatic carbocycles. The summed E-state index contributed by atoms with van der Waals surface area (Å²) in [6.45, 7) is 2.10. The lowest BCUT2D eigenvalue weighted by atomic mass is 10.1. The number of methoxy groups -OCH3 is 1. The second kappa shape index (κ2) is 6.69. The Labute approximate surface area is 111 Å². The number of rotatable bonds is 6. The average molecular weight is 267 g/mol. The van der Waals surface area contributed by atoms with Gasteiger partial charge in [0.1, 0.15) is 5.56 Å². The molecule has 0 bridgehead atoms. The Morgan fingerprint density at radius 3 is 2.74 bits per heavy atom. The minimum atomic E-state index is -0.574. The number of ether oxygens (including phenoxy) is 1. The number of carbonyl (C=O) groups is 1. The SMILES string of the molecule is CNc1ccc([N+](=O)[O-])c(C(=O)NC(C)COC)c1. The summed E-state index contributed by atoms with van der Waals surface area (Å²) in [5.74, 6) is -0.492. The van der Waals surface area contributed by atoms with Crippen LogP contribution >= 0.6 is 0 Å². The number of benzene rings is 1. The molecule has 1 atom stereocenters. The molecule has 1 amide bonds. The summed E-state index contributed by atoms with van der Waals surface area (Å²) in [5.41, 5.74) is 0.441. The Morgan fingerprint density at radius 2 is 2.21 bits per heavy atom. The number of anilines is 1. The molecular weight excluding hydrogens is 250 g/mol. The molecular formula is C12H17N3O4. The zero-order valence-electron chi connectivity index (χ0n) is 11.1. The third-order valence-electron chi connectivity index (χ3n) is 2.52. The maximum atomic E-state index is 12.0. The summed E-state index contributed by atoms with van der Waals surface area (Å²) in [5, 5.41) is 16.4. The Hall–Kier alpha value is -2.15. The molecule has 0 saturated carbocycles. The first-order valence-electron chi connectivity index (χ1n) is 5.75. The number of hydrogen-bond acceptors (Lipinski definition) is 5. The number of amides is 1. The van der Waals surface area contributed by atoms with Gasteiger partial charge >= 0.3 is 0 Å². The molecule has 0 radical (unpaired) electrons. The number of carbonyl (C=O) groups excluding carboxylic acids is 1. The lowest BCUT2D eigenvalue weighted by Crippen LogP contribution is -2.35. The highest BCUT2D eigenvalue weighted by atomic mass is 16.6. The maximum Gasteiger partial charge on any atom is 0.282 e. The smallest absolute Gasteiger partial charge is 0.282 e. The number of hydrogen-bond donors (Lipinski definition) is 2. The van der Waals surface area contributed by atoms with Gasteiger partial charge in [-0.05, 0) is 19.1 Å². The van der Waals surface area contributed by atoms with Crippen molar-refractivity contribution in [3.05, 3.63) is 33.9 Å². The number of nitro groups is 1. The Morgan fingerprint density at radius 1 is 1.53 bits per heavy atom. The maximum absolute atomic E-state index is 12.0. The molecule has 0 aliphatic carbocycles. The second-order valence-electron chi connectivity index (χ2n) is 4.07. The van der Waals surface area contributed by atoms with Crippen LogP contribution in [-0.2, 0) is 4.74 Å². The normalized spacial score (nSPS) is 11.7. The molecule has 0 aliphatic rings. The van der Waals surface area contributed by atoms with Crippen molar-refractivity contribution in [1.82, 2.24) is 5.32 Å². The molecule has 0 aliphatic heterocycles. The van der Waals surface area contributed by atoms with E-state index < -0.39 is 10.8 Å². The van der Waals surface area contributed by atoms with Gasteiger partial charge in [-0.1, -0.05) is 0 Å². The highest BCUT2D eigenvalue weighted by Gasteiger charge is 2.21. The van der Waals surface area contributed by atoms with Crippen LogP contribution in [0.4, 0.5) is 11.4 Å². The fourth-order valence-corrected chi connectivity index (χ4v) is 1.63. The Balaban J connectivity index is 3.02. The van der Waals surface area contributed by atoms with Crippen LogP contribution in [0, 0.1) is 10.1 Å². The highest BCUT2D eigenvalue weighted by Crippen LogP contribution is 2.22. The minimum Gasteiger partial charge on any atom is -0.388 e. The van der Waals surface area contributed by atoms with Crippen molar-refractivity contribution >= 4 is 17.3 Å². The van der Waals surface area contributed by atoms with Gasteiger partial charge in [-0.3, -0.25) is 14.9 Å². The van der Waals surface area contributed by atoms with Crippen LogP contribution in [0.2, 0.25) is 0 Å². The third-order valence-corrected chi connectivity index (χ3v) is 2.52. The summed E-state index contributed by atoms with van der Waals surface area (Å²) in [7, 11) is 3.20. The van der Waals surface area contributed by atoms with E-state index in [0.717, 1.165) is 0 Å². The lowest BCUT2D eigenvalue weighted by molar-refractivity contribution is -0.385. The molecule has 1 aromatic rings. The topological polar surface area (TPSA) is 93.5 Å². The van der Waals surface area contributed by atoms with Crippen molar-refractivity contribution in [2.75, 3.05) is 26.1 Å². The van der Waals surface area contributed by atoms with Crippen LogP contribution in [0.15, 0.2) is 18.2 Å². The van der Waals surface area contributed by atoms with Gasteiger partial charge in [0, 0.05) is 32.0 Å². The van der Waals surface area contributed by atoms with Crippen LogP contribution < -0.4 is 10.6 Å². The average Bonchev–Trinajstić information content (AvgIpc) is 2.37. The fraction of sp³-hybridized carbons (Fsp3) is 0.417. The van der Waals surface area contributed by atoms with E-state index in [1.807, 2.05) is 0 Å². The Kier molecular flexibility index (Phi) is 5.25. The predicted molar refractivity (Wildman–Crippen MR) is 71.4 cm³/mol. The van der Waals surface area contributed by atoms with Gasteiger partial charge in [0.25, 0.3) is 11.6 Å². The number of nitrogens with zero attached hydrogens (tertiary/aromatic N) is 1. The molecule has 7 heteroatoms. The summed E-state index contributed by atoms with van der Waals surface area (Å²) >= 11 is 0. The first-order chi connectivity index (χ1) is 8.99. The molecule has 19 heavy (non-hydrogen) atoms. The van der Waals surface area contributed by atoms with Crippen molar-refractivity contribution in [3.8, 4) is 0 Å². The van der Waals surface area contributed by atoms with Crippen LogP contribution in [0.3, 0.4) is 0 Å². The molecule has 1 rings (SSSR count). The molecule has 2 N–H and O–H groups in total. The third kappa shape index (κ3) is 3.92. The van der Waals surface area contributed by atoms with Crippen molar-refractivity contribution in [1.29, 1.82) is 0 Å². The molecule has 0 fully saturated rings. The van der Waals surface area contributed by atoms with Gasteiger partial charge in [0.2, 0.25) is 0 Å². The van der Waals surface area contributed by atoms with Crippen molar-refractivity contribution in [3.63, 3.8) is 0 Å². The Bertz CT molecular complexity index is 476. The van der Waals surface area contributed by atoms with E-state index in [0.29, 0.717) is 12.3 Å². The van der Waals surface area contributed by atoms with Gasteiger partial charge in [-0.15, -0.1) is 0 Å². The van der Waals surface area contributed by atoms with Crippen LogP contribution in [0.1, 0.15) is 17.3 Å². The van der Waals surface area contributed by atoms with Gasteiger partial charge in [0.15, 0.2) is 0 Å². The largest absolute Gasteiger partial charge is 0.388 e. The van der Waals surface area contributed by atoms with E-state index >= 15 is 0 Å². The molecule has 0 aromatic heterocycles. The zero-order chi connectivity index (χ0) is 14.4. The van der Waals surface area contributed by atoms with Crippen molar-refractivity contribution in [2.24, 2.45) is 0 Å². The number of nitro benzene ring substituents is 1. The van der Waals surface area contributed by atoms with Crippen molar-refractivity contribution in [2.45, 2.75) is 13.0 Å². The summed E-state index contributed by atoms with van der Waals surface area (Å²) in [6.07, 6.45) is 0. The van der Waals surface area contributed by atoms with Gasteiger partial charge < -0.3 is 15.4 Å². The van der Waals surface area contributed by atoms with E-state index in [-0.39, 0.29) is 17.3 Å². The van der Waals surface area contributed by atoms with Crippen LogP contribution in [0.25, 0.3) is 0 Å². The summed E-state index contributed by atoms with van der Waals surface area (Å²) < 4.78 is 4.90. The van der Waals surface area contributed by atoms with Crippen LogP contribution in [-0.4, -0.2) is 37.6 Å². The first-order valence-corrected chi connectivity index (χ1v) is 5.75. The molecule has 1 unspecified atom stereocenters. The highest BCUT2D eigenvalue weighted by molar-refractivity contribution is 5.99. The molecule has 104 valence electrons. The monoisotopic (exact) mass is 267 g/mol. The van der Waals surface area contributed by atoms with E-state index in [4.69, 9.17) is 4.74 Å². The van der Waals surface area contributed by atoms with Gasteiger partial charge in [0.05, 0.1) is 11.5 Å². The van der Waals surface area contributed by atoms with E-state index in [1.54, 1.807) is 20.0 Å². The van der Waals surface area contributed by atoms with E-state index in [2.05, 4.69) is 10.6 Å². The van der Waals surface area contributed by atoms with E-state index in [9.17, 15) is 14.9 Å². The quantitative estimate of drug-likeness (QED) is 0.600. The lowest BCUT2D eigenvalue weighted by Gasteiger charge is -2.13. The predicted octanol–water partition coefficient (Wildman–Crippen LogP) is 1.40. The molecule has 0 spiro atoms. The fourth-order valence-electron chi connectivity index (χ4n) is 1.63. The van der Waals surface area contributed by atoms with Crippen molar-refractivity contribution < 1.29 is 14.5 Å².